The Bertz CT molecular complexity index is 232. The first-order chi connectivity index (χ1) is 7.67. The zero-order valence-electron chi connectivity index (χ0n) is 10.1. The van der Waals surface area contributed by atoms with Crippen molar-refractivity contribution in [1.29, 1.82) is 0 Å². The van der Waals surface area contributed by atoms with Crippen LogP contribution in [0.3, 0.4) is 0 Å². The molecule has 1 aliphatic rings. The van der Waals surface area contributed by atoms with E-state index in [0.29, 0.717) is 0 Å². The second-order valence-corrected chi connectivity index (χ2v) is 4.61. The van der Waals surface area contributed by atoms with Crippen LogP contribution in [0.2, 0.25) is 0 Å². The summed E-state index contributed by atoms with van der Waals surface area (Å²) < 4.78 is 0. The van der Waals surface area contributed by atoms with Crippen molar-refractivity contribution in [2.75, 3.05) is 19.7 Å². The molecule has 0 bridgehead atoms. The van der Waals surface area contributed by atoms with Gasteiger partial charge < -0.3 is 10.2 Å². The van der Waals surface area contributed by atoms with Gasteiger partial charge in [-0.15, -0.1) is 0 Å². The molecule has 0 aromatic carbocycles. The van der Waals surface area contributed by atoms with Crippen LogP contribution in [0, 0.1) is 0 Å². The van der Waals surface area contributed by atoms with Gasteiger partial charge in [0.25, 0.3) is 0 Å². The molecule has 94 valence electrons. The Morgan fingerprint density at radius 2 is 2.19 bits per heavy atom. The molecule has 0 spiro atoms. The highest BCUT2D eigenvalue weighted by Crippen LogP contribution is 2.34. The smallest absolute Gasteiger partial charge is 0.324 e. The van der Waals surface area contributed by atoms with E-state index in [9.17, 15) is 9.90 Å². The van der Waals surface area contributed by atoms with Gasteiger partial charge in [-0.25, -0.2) is 0 Å². The third-order valence-corrected chi connectivity index (χ3v) is 3.52. The van der Waals surface area contributed by atoms with Crippen LogP contribution in [0.15, 0.2) is 0 Å². The number of carboxylic acid groups (broad SMARTS) is 1. The molecule has 1 saturated heterocycles. The molecule has 1 atom stereocenters. The first-order valence-electron chi connectivity index (χ1n) is 6.26. The van der Waals surface area contributed by atoms with Crippen LogP contribution < -0.4 is 0 Å². The molecule has 2 N–H and O–H groups in total. The van der Waals surface area contributed by atoms with E-state index in [1.165, 1.54) is 0 Å². The molecule has 0 radical (unpaired) electrons. The van der Waals surface area contributed by atoms with E-state index >= 15 is 0 Å². The molecule has 0 aromatic heterocycles. The molecule has 0 aliphatic carbocycles. The molecular formula is C12H23NO3. The number of aliphatic hydroxyl groups is 1. The summed E-state index contributed by atoms with van der Waals surface area (Å²) in [5, 5.41) is 18.2. The van der Waals surface area contributed by atoms with Gasteiger partial charge in [-0.2, -0.15) is 0 Å². The summed E-state index contributed by atoms with van der Waals surface area (Å²) in [6.45, 7) is 3.92. The Morgan fingerprint density at radius 1 is 1.44 bits per heavy atom. The summed E-state index contributed by atoms with van der Waals surface area (Å²) in [6.07, 6.45) is 5.04. The number of carboxylic acids is 1. The van der Waals surface area contributed by atoms with Gasteiger partial charge in [0.1, 0.15) is 5.54 Å². The van der Waals surface area contributed by atoms with E-state index in [0.717, 1.165) is 51.6 Å². The lowest BCUT2D eigenvalue weighted by atomic mass is 9.90. The zero-order valence-corrected chi connectivity index (χ0v) is 10.1. The number of nitrogens with zero attached hydrogens (tertiary/aromatic N) is 1. The molecule has 1 heterocycles. The van der Waals surface area contributed by atoms with E-state index in [-0.39, 0.29) is 6.61 Å². The Morgan fingerprint density at radius 3 is 2.75 bits per heavy atom. The maximum absolute atomic E-state index is 11.5. The third kappa shape index (κ3) is 2.74. The van der Waals surface area contributed by atoms with Crippen molar-refractivity contribution in [3.05, 3.63) is 0 Å². The van der Waals surface area contributed by atoms with Crippen molar-refractivity contribution < 1.29 is 15.0 Å². The molecule has 0 saturated carbocycles. The summed E-state index contributed by atoms with van der Waals surface area (Å²) in [7, 11) is 0. The lowest BCUT2D eigenvalue weighted by molar-refractivity contribution is -0.150. The number of aliphatic hydroxyl groups excluding tert-OH is 1. The fourth-order valence-electron chi connectivity index (χ4n) is 2.72. The van der Waals surface area contributed by atoms with Crippen LogP contribution in [0.1, 0.15) is 45.4 Å². The van der Waals surface area contributed by atoms with E-state index in [1.54, 1.807) is 0 Å². The van der Waals surface area contributed by atoms with Crippen molar-refractivity contribution in [1.82, 2.24) is 4.90 Å². The number of aliphatic carboxylic acids is 1. The standard InChI is InChI=1S/C12H23NO3/c1-2-6-12(11(15)16)7-5-9-13(12)8-3-4-10-14/h14H,2-10H2,1H3,(H,15,16). The van der Waals surface area contributed by atoms with Crippen LogP contribution in [-0.4, -0.2) is 46.3 Å². The largest absolute Gasteiger partial charge is 0.480 e. The minimum atomic E-state index is -0.671. The van der Waals surface area contributed by atoms with E-state index < -0.39 is 11.5 Å². The van der Waals surface area contributed by atoms with E-state index in [1.807, 2.05) is 6.92 Å². The zero-order chi connectivity index (χ0) is 12.0. The molecule has 4 heteroatoms. The number of carbonyl (C=O) groups is 1. The maximum atomic E-state index is 11.5. The summed E-state index contributed by atoms with van der Waals surface area (Å²) in [5.74, 6) is -0.671. The first kappa shape index (κ1) is 13.5. The lowest BCUT2D eigenvalue weighted by Crippen LogP contribution is -2.50. The van der Waals surface area contributed by atoms with Crippen LogP contribution in [-0.2, 0) is 4.79 Å². The molecule has 1 aliphatic heterocycles. The normalized spacial score (nSPS) is 26.1. The van der Waals surface area contributed by atoms with Crippen molar-refractivity contribution in [3.8, 4) is 0 Å². The van der Waals surface area contributed by atoms with Crippen molar-refractivity contribution in [3.63, 3.8) is 0 Å². The summed E-state index contributed by atoms with van der Waals surface area (Å²) in [4.78, 5) is 13.6. The number of hydrogen-bond donors (Lipinski definition) is 2. The van der Waals surface area contributed by atoms with Crippen molar-refractivity contribution in [2.45, 2.75) is 51.0 Å². The molecule has 16 heavy (non-hydrogen) atoms. The van der Waals surface area contributed by atoms with Gasteiger partial charge >= 0.3 is 5.97 Å². The van der Waals surface area contributed by atoms with Gasteiger partial charge in [-0.3, -0.25) is 9.69 Å². The van der Waals surface area contributed by atoms with Crippen LogP contribution in [0.4, 0.5) is 0 Å². The summed E-state index contributed by atoms with van der Waals surface area (Å²) in [5.41, 5.74) is -0.621. The fourth-order valence-corrected chi connectivity index (χ4v) is 2.72. The second kappa shape index (κ2) is 6.21. The minimum absolute atomic E-state index is 0.196. The third-order valence-electron chi connectivity index (χ3n) is 3.52. The van der Waals surface area contributed by atoms with Gasteiger partial charge in [-0.1, -0.05) is 13.3 Å². The van der Waals surface area contributed by atoms with E-state index in [2.05, 4.69) is 4.90 Å². The Balaban J connectivity index is 2.62. The second-order valence-electron chi connectivity index (χ2n) is 4.61. The van der Waals surface area contributed by atoms with Crippen molar-refractivity contribution >= 4 is 5.97 Å². The Hall–Kier alpha value is -0.610. The highest BCUT2D eigenvalue weighted by atomic mass is 16.4. The molecule has 4 nitrogen and oxygen atoms in total. The average molecular weight is 229 g/mol. The lowest BCUT2D eigenvalue weighted by Gasteiger charge is -2.34. The SMILES string of the molecule is CCCC1(C(=O)O)CCCN1CCCCO. The van der Waals surface area contributed by atoms with Gasteiger partial charge in [-0.05, 0) is 45.2 Å². The molecule has 0 aromatic rings. The van der Waals surface area contributed by atoms with Crippen LogP contribution in [0.5, 0.6) is 0 Å². The number of likely N-dealkylation sites (tertiary alicyclic amines) is 1. The van der Waals surface area contributed by atoms with Crippen molar-refractivity contribution in [2.24, 2.45) is 0 Å². The predicted octanol–water partition coefficient (Wildman–Crippen LogP) is 1.48. The Labute approximate surface area is 97.3 Å². The number of rotatable bonds is 7. The number of unbranched alkanes of at least 4 members (excludes halogenated alkanes) is 1. The number of hydrogen-bond acceptors (Lipinski definition) is 3. The first-order valence-corrected chi connectivity index (χ1v) is 6.26. The molecular weight excluding hydrogens is 206 g/mol. The molecule has 1 rings (SSSR count). The molecule has 1 fully saturated rings. The fraction of sp³-hybridized carbons (Fsp3) is 0.917. The topological polar surface area (TPSA) is 60.8 Å². The maximum Gasteiger partial charge on any atom is 0.324 e. The average Bonchev–Trinajstić information content (AvgIpc) is 2.64. The van der Waals surface area contributed by atoms with Gasteiger partial charge in [0, 0.05) is 6.61 Å². The monoisotopic (exact) mass is 229 g/mol. The van der Waals surface area contributed by atoms with Crippen LogP contribution in [0.25, 0.3) is 0 Å². The summed E-state index contributed by atoms with van der Waals surface area (Å²) in [6, 6.07) is 0. The molecule has 1 unspecified atom stereocenters. The summed E-state index contributed by atoms with van der Waals surface area (Å²) >= 11 is 0. The van der Waals surface area contributed by atoms with Crippen LogP contribution >= 0.6 is 0 Å². The van der Waals surface area contributed by atoms with E-state index in [4.69, 9.17) is 5.11 Å². The molecule has 0 amide bonds. The predicted molar refractivity (Wildman–Crippen MR) is 62.4 cm³/mol. The highest BCUT2D eigenvalue weighted by molar-refractivity contribution is 5.79. The highest BCUT2D eigenvalue weighted by Gasteiger charge is 2.46. The minimum Gasteiger partial charge on any atom is -0.480 e. The van der Waals surface area contributed by atoms with Gasteiger partial charge in [0.15, 0.2) is 0 Å². The van der Waals surface area contributed by atoms with Gasteiger partial charge in [0.2, 0.25) is 0 Å². The quantitative estimate of drug-likeness (QED) is 0.649. The Kier molecular flexibility index (Phi) is 5.22. The van der Waals surface area contributed by atoms with Gasteiger partial charge in [0.05, 0.1) is 0 Å².